The van der Waals surface area contributed by atoms with Gasteiger partial charge in [0.05, 0.1) is 24.6 Å². The normalized spacial score (nSPS) is 10.5. The molecule has 3 rings (SSSR count). The molecule has 2 aromatic carbocycles. The van der Waals surface area contributed by atoms with Crippen molar-refractivity contribution in [1.82, 2.24) is 20.3 Å². The van der Waals surface area contributed by atoms with Crippen molar-refractivity contribution < 1.29 is 23.8 Å². The van der Waals surface area contributed by atoms with Crippen LogP contribution in [0.5, 0.6) is 11.5 Å². The molecule has 3 aromatic rings. The fraction of sp³-hybridized carbons (Fsp3) is 0.333. The Morgan fingerprint density at radius 1 is 0.970 bits per heavy atom. The van der Waals surface area contributed by atoms with Crippen LogP contribution in [0.4, 0.5) is 0 Å². The number of amides is 1. The Morgan fingerprint density at radius 3 is 2.42 bits per heavy atom. The summed E-state index contributed by atoms with van der Waals surface area (Å²) >= 11 is 0. The monoisotopic (exact) mass is 452 g/mol. The molecule has 0 saturated carbocycles. The number of carbonyl (C=O) groups excluding carboxylic acids is 2. The van der Waals surface area contributed by atoms with E-state index in [-0.39, 0.29) is 5.69 Å². The molecule has 0 aliphatic rings. The van der Waals surface area contributed by atoms with E-state index in [1.54, 1.807) is 6.92 Å². The second-order valence-corrected chi connectivity index (χ2v) is 7.08. The van der Waals surface area contributed by atoms with Gasteiger partial charge in [0.2, 0.25) is 0 Å². The number of rotatable bonds is 11. The zero-order chi connectivity index (χ0) is 23.6. The Balaban J connectivity index is 1.48. The van der Waals surface area contributed by atoms with Crippen LogP contribution < -0.4 is 14.8 Å². The van der Waals surface area contributed by atoms with E-state index in [9.17, 15) is 9.59 Å². The lowest BCUT2D eigenvalue weighted by molar-refractivity contribution is -0.124. The van der Waals surface area contributed by atoms with Crippen LogP contribution in [0.2, 0.25) is 0 Å². The van der Waals surface area contributed by atoms with Gasteiger partial charge in [-0.05, 0) is 57.0 Å². The van der Waals surface area contributed by atoms with E-state index in [0.29, 0.717) is 43.4 Å². The number of ether oxygens (including phenoxy) is 3. The minimum absolute atomic E-state index is 0.0736. The third-order valence-corrected chi connectivity index (χ3v) is 4.64. The standard InChI is InChI=1S/C24H28N4O5/c1-4-31-20-12-11-18(15-21(20)32-5-2)13-14-25-22(29)16-33-24(30)23-17(3)26-28(27-23)19-9-7-6-8-10-19/h6-12,15H,4-5,13-14,16H2,1-3H3,(H,25,29). The summed E-state index contributed by atoms with van der Waals surface area (Å²) in [5.74, 6) is 0.277. The summed E-state index contributed by atoms with van der Waals surface area (Å²) in [5.41, 5.74) is 2.21. The lowest BCUT2D eigenvalue weighted by Gasteiger charge is -2.12. The van der Waals surface area contributed by atoms with Gasteiger partial charge in [-0.1, -0.05) is 24.3 Å². The summed E-state index contributed by atoms with van der Waals surface area (Å²) < 4.78 is 16.3. The maximum Gasteiger partial charge on any atom is 0.361 e. The fourth-order valence-corrected chi connectivity index (χ4v) is 3.09. The zero-order valence-electron chi connectivity index (χ0n) is 19.0. The summed E-state index contributed by atoms with van der Waals surface area (Å²) in [6, 6.07) is 14.9. The maximum atomic E-state index is 12.4. The highest BCUT2D eigenvalue weighted by atomic mass is 16.5. The molecule has 0 saturated heterocycles. The molecule has 1 amide bonds. The molecule has 9 heteroatoms. The third kappa shape index (κ3) is 6.55. The molecule has 9 nitrogen and oxygen atoms in total. The summed E-state index contributed by atoms with van der Waals surface area (Å²) in [4.78, 5) is 25.8. The van der Waals surface area contributed by atoms with E-state index >= 15 is 0 Å². The molecule has 1 heterocycles. The first-order valence-electron chi connectivity index (χ1n) is 10.8. The van der Waals surface area contributed by atoms with Crippen molar-refractivity contribution in [2.75, 3.05) is 26.4 Å². The van der Waals surface area contributed by atoms with Crippen molar-refractivity contribution in [3.8, 4) is 17.2 Å². The van der Waals surface area contributed by atoms with E-state index in [4.69, 9.17) is 14.2 Å². The largest absolute Gasteiger partial charge is 0.490 e. The van der Waals surface area contributed by atoms with E-state index in [1.165, 1.54) is 4.80 Å². The second kappa shape index (κ2) is 11.7. The average Bonchev–Trinajstić information content (AvgIpc) is 3.22. The van der Waals surface area contributed by atoms with Gasteiger partial charge in [0.1, 0.15) is 0 Å². The molecule has 1 aromatic heterocycles. The lowest BCUT2D eigenvalue weighted by Crippen LogP contribution is -2.30. The van der Waals surface area contributed by atoms with Crippen LogP contribution in [-0.4, -0.2) is 53.2 Å². The van der Waals surface area contributed by atoms with Crippen molar-refractivity contribution in [2.24, 2.45) is 0 Å². The molecule has 0 spiro atoms. The molecule has 1 N–H and O–H groups in total. The number of para-hydroxylation sites is 1. The van der Waals surface area contributed by atoms with Gasteiger partial charge in [-0.3, -0.25) is 4.79 Å². The molecule has 0 atom stereocenters. The predicted octanol–water partition coefficient (Wildman–Crippen LogP) is 2.89. The SMILES string of the molecule is CCOc1ccc(CCNC(=O)COC(=O)c2nn(-c3ccccc3)nc2C)cc1OCC. The van der Waals surface area contributed by atoms with E-state index in [1.807, 2.05) is 62.4 Å². The Labute approximate surface area is 192 Å². The number of aryl methyl sites for hydroxylation is 1. The van der Waals surface area contributed by atoms with Crippen molar-refractivity contribution in [1.29, 1.82) is 0 Å². The van der Waals surface area contributed by atoms with Gasteiger partial charge in [-0.25, -0.2) is 4.79 Å². The smallest absolute Gasteiger partial charge is 0.361 e. The van der Waals surface area contributed by atoms with E-state index in [2.05, 4.69) is 15.5 Å². The molecule has 0 radical (unpaired) electrons. The first-order valence-corrected chi connectivity index (χ1v) is 10.8. The summed E-state index contributed by atoms with van der Waals surface area (Å²) in [5, 5.41) is 11.2. The number of hydrogen-bond donors (Lipinski definition) is 1. The molecule has 0 aliphatic heterocycles. The molecule has 0 unspecified atom stereocenters. The summed E-state index contributed by atoms with van der Waals surface area (Å²) in [6.07, 6.45) is 0.594. The van der Waals surface area contributed by atoms with E-state index < -0.39 is 18.5 Å². The van der Waals surface area contributed by atoms with Crippen LogP contribution in [0, 0.1) is 6.92 Å². The average molecular weight is 453 g/mol. The zero-order valence-corrected chi connectivity index (χ0v) is 19.0. The predicted molar refractivity (Wildman–Crippen MR) is 122 cm³/mol. The highest BCUT2D eigenvalue weighted by Crippen LogP contribution is 2.28. The summed E-state index contributed by atoms with van der Waals surface area (Å²) in [7, 11) is 0. The molecular weight excluding hydrogens is 424 g/mol. The van der Waals surface area contributed by atoms with Gasteiger partial charge in [0, 0.05) is 6.54 Å². The highest BCUT2D eigenvalue weighted by molar-refractivity contribution is 5.90. The van der Waals surface area contributed by atoms with Crippen LogP contribution in [0.15, 0.2) is 48.5 Å². The van der Waals surface area contributed by atoms with Gasteiger partial charge < -0.3 is 19.5 Å². The van der Waals surface area contributed by atoms with Crippen molar-refractivity contribution in [3.05, 3.63) is 65.5 Å². The van der Waals surface area contributed by atoms with Gasteiger partial charge in [-0.15, -0.1) is 5.10 Å². The molecule has 33 heavy (non-hydrogen) atoms. The molecule has 0 fully saturated rings. The minimum atomic E-state index is -0.697. The number of benzene rings is 2. The van der Waals surface area contributed by atoms with Gasteiger partial charge in [-0.2, -0.15) is 9.90 Å². The second-order valence-electron chi connectivity index (χ2n) is 7.08. The molecule has 174 valence electrons. The Morgan fingerprint density at radius 2 is 1.70 bits per heavy atom. The Bertz CT molecular complexity index is 1080. The first-order chi connectivity index (χ1) is 16.0. The van der Waals surface area contributed by atoms with Gasteiger partial charge in [0.15, 0.2) is 23.8 Å². The topological polar surface area (TPSA) is 105 Å². The number of aromatic nitrogens is 3. The molecule has 0 bridgehead atoms. The number of hydrogen-bond acceptors (Lipinski definition) is 7. The van der Waals surface area contributed by atoms with Crippen LogP contribution in [0.25, 0.3) is 5.69 Å². The maximum absolute atomic E-state index is 12.4. The number of nitrogens with zero attached hydrogens (tertiary/aromatic N) is 3. The summed E-state index contributed by atoms with van der Waals surface area (Å²) in [6.45, 7) is 6.56. The van der Waals surface area contributed by atoms with Crippen LogP contribution >= 0.6 is 0 Å². The van der Waals surface area contributed by atoms with Crippen molar-refractivity contribution >= 4 is 11.9 Å². The lowest BCUT2D eigenvalue weighted by atomic mass is 10.1. The Kier molecular flexibility index (Phi) is 8.40. The van der Waals surface area contributed by atoms with Crippen molar-refractivity contribution in [3.63, 3.8) is 0 Å². The van der Waals surface area contributed by atoms with Crippen LogP contribution in [-0.2, 0) is 16.0 Å². The Hall–Kier alpha value is -3.88. The molecular formula is C24H28N4O5. The highest BCUT2D eigenvalue weighted by Gasteiger charge is 2.19. The fourth-order valence-electron chi connectivity index (χ4n) is 3.09. The number of esters is 1. The van der Waals surface area contributed by atoms with Crippen LogP contribution in [0.1, 0.15) is 35.6 Å². The van der Waals surface area contributed by atoms with E-state index in [0.717, 1.165) is 11.3 Å². The minimum Gasteiger partial charge on any atom is -0.490 e. The third-order valence-electron chi connectivity index (χ3n) is 4.64. The molecule has 0 aliphatic carbocycles. The van der Waals surface area contributed by atoms with Crippen molar-refractivity contribution in [2.45, 2.75) is 27.2 Å². The van der Waals surface area contributed by atoms with Crippen LogP contribution in [0.3, 0.4) is 0 Å². The number of carbonyl (C=O) groups is 2. The van der Waals surface area contributed by atoms with Gasteiger partial charge in [0.25, 0.3) is 5.91 Å². The first kappa shape index (κ1) is 23.8. The van der Waals surface area contributed by atoms with Gasteiger partial charge >= 0.3 is 5.97 Å². The number of nitrogens with one attached hydrogen (secondary N) is 1. The quantitative estimate of drug-likeness (QED) is 0.446.